The SMILES string of the molecule is O=C(O)c1nnc2ncccn12. The van der Waals surface area contributed by atoms with E-state index >= 15 is 0 Å². The van der Waals surface area contributed by atoms with E-state index in [4.69, 9.17) is 5.11 Å². The third kappa shape index (κ3) is 0.815. The fourth-order valence-corrected chi connectivity index (χ4v) is 0.889. The first-order valence-electron chi connectivity index (χ1n) is 3.18. The fourth-order valence-electron chi connectivity index (χ4n) is 0.889. The van der Waals surface area contributed by atoms with Gasteiger partial charge >= 0.3 is 5.97 Å². The van der Waals surface area contributed by atoms with E-state index in [9.17, 15) is 4.79 Å². The van der Waals surface area contributed by atoms with E-state index in [2.05, 4.69) is 15.2 Å². The maximum Gasteiger partial charge on any atom is 0.374 e. The molecule has 6 heteroatoms. The number of aromatic nitrogens is 4. The lowest BCUT2D eigenvalue weighted by molar-refractivity contribution is 0.0682. The normalized spacial score (nSPS) is 10.3. The average Bonchev–Trinajstić information content (AvgIpc) is 2.47. The molecule has 0 fully saturated rings. The molecular formula is C6H4N4O2. The van der Waals surface area contributed by atoms with E-state index in [-0.39, 0.29) is 11.6 Å². The Hall–Kier alpha value is -1.98. The average molecular weight is 164 g/mol. The molecule has 0 amide bonds. The predicted octanol–water partition coefficient (Wildman–Crippen LogP) is -0.177. The predicted molar refractivity (Wildman–Crippen MR) is 37.7 cm³/mol. The molecule has 12 heavy (non-hydrogen) atoms. The zero-order chi connectivity index (χ0) is 8.55. The molecule has 2 rings (SSSR count). The Balaban J connectivity index is 2.79. The van der Waals surface area contributed by atoms with Crippen LogP contribution in [0.25, 0.3) is 5.78 Å². The molecular weight excluding hydrogens is 160 g/mol. The highest BCUT2D eigenvalue weighted by Crippen LogP contribution is 1.98. The Morgan fingerprint density at radius 2 is 2.33 bits per heavy atom. The first kappa shape index (κ1) is 6.71. The summed E-state index contributed by atoms with van der Waals surface area (Å²) < 4.78 is 1.31. The highest BCUT2D eigenvalue weighted by Gasteiger charge is 2.11. The summed E-state index contributed by atoms with van der Waals surface area (Å²) in [6, 6.07) is 1.61. The lowest BCUT2D eigenvalue weighted by Crippen LogP contribution is -2.03. The quantitative estimate of drug-likeness (QED) is 0.632. The molecule has 0 aliphatic rings. The van der Waals surface area contributed by atoms with Gasteiger partial charge in [-0.2, -0.15) is 0 Å². The Bertz CT molecular complexity index is 436. The van der Waals surface area contributed by atoms with E-state index < -0.39 is 5.97 Å². The first-order valence-corrected chi connectivity index (χ1v) is 3.18. The monoisotopic (exact) mass is 164 g/mol. The Labute approximate surface area is 66.5 Å². The van der Waals surface area contributed by atoms with Crippen LogP contribution >= 0.6 is 0 Å². The van der Waals surface area contributed by atoms with Gasteiger partial charge in [-0.15, -0.1) is 10.2 Å². The van der Waals surface area contributed by atoms with Crippen molar-refractivity contribution in [2.75, 3.05) is 0 Å². The van der Waals surface area contributed by atoms with Gasteiger partial charge in [-0.25, -0.2) is 9.78 Å². The molecule has 1 N–H and O–H groups in total. The number of fused-ring (bicyclic) bond motifs is 1. The minimum atomic E-state index is -1.12. The third-order valence-electron chi connectivity index (χ3n) is 1.38. The van der Waals surface area contributed by atoms with Crippen LogP contribution in [-0.4, -0.2) is 30.7 Å². The summed E-state index contributed by atoms with van der Waals surface area (Å²) in [6.45, 7) is 0. The zero-order valence-electron chi connectivity index (χ0n) is 5.88. The van der Waals surface area contributed by atoms with Gasteiger partial charge in [0.2, 0.25) is 5.82 Å². The Morgan fingerprint density at radius 1 is 1.50 bits per heavy atom. The van der Waals surface area contributed by atoms with Gasteiger partial charge < -0.3 is 5.11 Å². The minimum Gasteiger partial charge on any atom is -0.475 e. The van der Waals surface area contributed by atoms with Gasteiger partial charge in [0.05, 0.1) is 0 Å². The maximum absolute atomic E-state index is 10.5. The molecule has 0 aliphatic heterocycles. The van der Waals surface area contributed by atoms with E-state index in [0.29, 0.717) is 0 Å². The van der Waals surface area contributed by atoms with Crippen molar-refractivity contribution in [3.8, 4) is 0 Å². The van der Waals surface area contributed by atoms with Gasteiger partial charge in [-0.3, -0.25) is 4.40 Å². The number of carboxylic acid groups (broad SMARTS) is 1. The van der Waals surface area contributed by atoms with Crippen molar-refractivity contribution in [2.24, 2.45) is 0 Å². The van der Waals surface area contributed by atoms with Crippen molar-refractivity contribution in [1.82, 2.24) is 19.6 Å². The van der Waals surface area contributed by atoms with E-state index in [1.165, 1.54) is 10.6 Å². The molecule has 2 heterocycles. The Morgan fingerprint density at radius 3 is 3.08 bits per heavy atom. The summed E-state index contributed by atoms with van der Waals surface area (Å²) >= 11 is 0. The highest BCUT2D eigenvalue weighted by atomic mass is 16.4. The van der Waals surface area contributed by atoms with Crippen molar-refractivity contribution >= 4 is 11.7 Å². The number of nitrogens with zero attached hydrogens (tertiary/aromatic N) is 4. The van der Waals surface area contributed by atoms with Crippen LogP contribution in [0.3, 0.4) is 0 Å². The molecule has 0 aromatic carbocycles. The summed E-state index contributed by atoms with van der Waals surface area (Å²) in [7, 11) is 0. The standard InChI is InChI=1S/C6H4N4O2/c11-5(12)4-8-9-6-7-2-1-3-10(4)6/h1-3H,(H,11,12). The van der Waals surface area contributed by atoms with Crippen molar-refractivity contribution in [1.29, 1.82) is 0 Å². The highest BCUT2D eigenvalue weighted by molar-refractivity contribution is 5.83. The largest absolute Gasteiger partial charge is 0.475 e. The number of aromatic carboxylic acids is 1. The van der Waals surface area contributed by atoms with Crippen LogP contribution in [0.15, 0.2) is 18.5 Å². The van der Waals surface area contributed by atoms with E-state index in [0.717, 1.165) is 0 Å². The molecule has 6 nitrogen and oxygen atoms in total. The van der Waals surface area contributed by atoms with Gasteiger partial charge in [-0.05, 0) is 6.07 Å². The van der Waals surface area contributed by atoms with Gasteiger partial charge in [-0.1, -0.05) is 0 Å². The lowest BCUT2D eigenvalue weighted by Gasteiger charge is -1.90. The smallest absolute Gasteiger partial charge is 0.374 e. The summed E-state index contributed by atoms with van der Waals surface area (Å²) in [6.07, 6.45) is 3.07. The molecule has 2 aromatic heterocycles. The molecule has 0 aliphatic carbocycles. The van der Waals surface area contributed by atoms with Crippen molar-refractivity contribution in [3.63, 3.8) is 0 Å². The molecule has 0 saturated heterocycles. The second kappa shape index (κ2) is 2.26. The van der Waals surface area contributed by atoms with Crippen molar-refractivity contribution < 1.29 is 9.90 Å². The molecule has 60 valence electrons. The zero-order valence-corrected chi connectivity index (χ0v) is 5.88. The lowest BCUT2D eigenvalue weighted by atomic mass is 10.6. The van der Waals surface area contributed by atoms with Crippen LogP contribution in [0.1, 0.15) is 10.6 Å². The number of carboxylic acids is 1. The number of hydrogen-bond acceptors (Lipinski definition) is 4. The molecule has 0 spiro atoms. The van der Waals surface area contributed by atoms with Crippen molar-refractivity contribution in [3.05, 3.63) is 24.3 Å². The van der Waals surface area contributed by atoms with Crippen molar-refractivity contribution in [2.45, 2.75) is 0 Å². The topological polar surface area (TPSA) is 80.4 Å². The first-order chi connectivity index (χ1) is 5.79. The van der Waals surface area contributed by atoms with Gasteiger partial charge in [0, 0.05) is 12.4 Å². The molecule has 0 saturated carbocycles. The van der Waals surface area contributed by atoms with Crippen LogP contribution in [0.2, 0.25) is 0 Å². The van der Waals surface area contributed by atoms with E-state index in [1.54, 1.807) is 12.3 Å². The molecule has 0 atom stereocenters. The molecule has 0 radical (unpaired) electrons. The van der Waals surface area contributed by atoms with Crippen LogP contribution in [0.5, 0.6) is 0 Å². The van der Waals surface area contributed by atoms with Crippen LogP contribution in [0, 0.1) is 0 Å². The number of hydrogen-bond donors (Lipinski definition) is 1. The Kier molecular flexibility index (Phi) is 1.26. The molecule has 2 aromatic rings. The minimum absolute atomic E-state index is 0.127. The number of rotatable bonds is 1. The maximum atomic E-state index is 10.5. The van der Waals surface area contributed by atoms with Crippen LogP contribution < -0.4 is 0 Å². The number of carbonyl (C=O) groups is 1. The van der Waals surface area contributed by atoms with Gasteiger partial charge in [0.25, 0.3) is 5.78 Å². The second-order valence-electron chi connectivity index (χ2n) is 2.12. The molecule has 0 bridgehead atoms. The van der Waals surface area contributed by atoms with Gasteiger partial charge in [0.1, 0.15) is 0 Å². The molecule has 0 unspecified atom stereocenters. The van der Waals surface area contributed by atoms with Gasteiger partial charge in [0.15, 0.2) is 0 Å². The van der Waals surface area contributed by atoms with Crippen LogP contribution in [-0.2, 0) is 0 Å². The third-order valence-corrected chi connectivity index (χ3v) is 1.38. The summed E-state index contributed by atoms with van der Waals surface area (Å²) in [5.74, 6) is -0.955. The summed E-state index contributed by atoms with van der Waals surface area (Å²) in [5, 5.41) is 15.6. The second-order valence-corrected chi connectivity index (χ2v) is 2.12. The summed E-state index contributed by atoms with van der Waals surface area (Å²) in [5.41, 5.74) is 0. The van der Waals surface area contributed by atoms with Crippen LogP contribution in [0.4, 0.5) is 0 Å². The van der Waals surface area contributed by atoms with E-state index in [1.807, 2.05) is 0 Å². The fraction of sp³-hybridized carbons (Fsp3) is 0. The summed E-state index contributed by atoms with van der Waals surface area (Å²) in [4.78, 5) is 14.3.